The van der Waals surface area contributed by atoms with Crippen molar-refractivity contribution in [3.63, 3.8) is 0 Å². The van der Waals surface area contributed by atoms with E-state index in [1.54, 1.807) is 0 Å². The number of benzene rings is 4. The first kappa shape index (κ1) is 41.1. The maximum atomic E-state index is 13.3. The predicted octanol–water partition coefficient (Wildman–Crippen LogP) is 8.02. The summed E-state index contributed by atoms with van der Waals surface area (Å²) in [6.07, 6.45) is -9.39. The Kier molecular flexibility index (Phi) is 14.0. The van der Waals surface area contributed by atoms with Crippen LogP contribution in [-0.2, 0) is 44.6 Å². The molecule has 14 heteroatoms. The van der Waals surface area contributed by atoms with Gasteiger partial charge in [0, 0.05) is 38.9 Å². The van der Waals surface area contributed by atoms with Gasteiger partial charge in [0.1, 0.15) is 0 Å². The van der Waals surface area contributed by atoms with Crippen molar-refractivity contribution in [1.29, 1.82) is 0 Å². The number of rotatable bonds is 11. The minimum atomic E-state index is -4.44. The van der Waals surface area contributed by atoms with Crippen molar-refractivity contribution in [3.8, 4) is 0 Å². The summed E-state index contributed by atoms with van der Waals surface area (Å²) < 4.78 is 76.0. The zero-order valence-electron chi connectivity index (χ0n) is 29.2. The van der Waals surface area contributed by atoms with Gasteiger partial charge in [-0.1, -0.05) is 85.8 Å². The predicted molar refractivity (Wildman–Crippen MR) is 188 cm³/mol. The topological polar surface area (TPSA) is 116 Å². The number of halogens is 6. The average molecular weight is 756 g/mol. The Morgan fingerprint density at radius 2 is 1.13 bits per heavy atom. The summed E-state index contributed by atoms with van der Waals surface area (Å²) in [5, 5.41) is 13.4. The molecule has 0 aliphatic carbocycles. The molecule has 2 unspecified atom stereocenters. The highest BCUT2D eigenvalue weighted by Gasteiger charge is 2.35. The second-order valence-corrected chi connectivity index (χ2v) is 12.7. The number of carboxylic acid groups (broad SMARTS) is 1. The molecule has 5 rings (SSSR count). The summed E-state index contributed by atoms with van der Waals surface area (Å²) in [5.41, 5.74) is 2.41. The Morgan fingerprint density at radius 1 is 0.648 bits per heavy atom. The molecule has 1 aliphatic heterocycles. The molecule has 0 saturated carbocycles. The van der Waals surface area contributed by atoms with Crippen LogP contribution in [0, 0.1) is 0 Å². The summed E-state index contributed by atoms with van der Waals surface area (Å²) in [7, 11) is 0. The molecule has 2 atom stereocenters. The average Bonchev–Trinajstić information content (AvgIpc) is 3.14. The number of alkyl halides is 6. The van der Waals surface area contributed by atoms with Crippen LogP contribution in [0.15, 0.2) is 103 Å². The first-order chi connectivity index (χ1) is 25.5. The normalized spacial score (nSPS) is 15.3. The third kappa shape index (κ3) is 11.9. The van der Waals surface area contributed by atoms with E-state index in [0.717, 1.165) is 35.4 Å². The number of carbonyl (C=O) groups excluding carboxylic acids is 3. The number of nitrogens with one attached hydrogen (secondary N) is 2. The smallest absolute Gasteiger partial charge is 0.416 e. The van der Waals surface area contributed by atoms with Crippen molar-refractivity contribution in [2.75, 3.05) is 6.54 Å². The Bertz CT molecular complexity index is 1920. The molecule has 0 radical (unpaired) electrons. The Balaban J connectivity index is 0.000000290. The van der Waals surface area contributed by atoms with Crippen molar-refractivity contribution in [2.45, 2.75) is 70.0 Å². The molecular weight excluding hydrogens is 716 g/mol. The van der Waals surface area contributed by atoms with E-state index in [-0.39, 0.29) is 62.5 Å². The van der Waals surface area contributed by atoms with E-state index in [1.165, 1.54) is 29.8 Å². The first-order valence-electron chi connectivity index (χ1n) is 17.0. The van der Waals surface area contributed by atoms with Gasteiger partial charge < -0.3 is 20.6 Å². The third-order valence-electron chi connectivity index (χ3n) is 8.66. The lowest BCUT2D eigenvalue weighted by molar-refractivity contribution is -0.139. The summed E-state index contributed by atoms with van der Waals surface area (Å²) in [5.74, 6) is -1.97. The van der Waals surface area contributed by atoms with Crippen molar-refractivity contribution < 1.29 is 50.6 Å². The summed E-state index contributed by atoms with van der Waals surface area (Å²) in [6.45, 7) is 2.53. The van der Waals surface area contributed by atoms with E-state index in [0.29, 0.717) is 17.7 Å². The zero-order chi connectivity index (χ0) is 39.5. The minimum Gasteiger partial charge on any atom is -0.481 e. The number of carboxylic acids is 1. The maximum absolute atomic E-state index is 13.3. The molecule has 4 aromatic rings. The van der Waals surface area contributed by atoms with Crippen molar-refractivity contribution >= 4 is 23.7 Å². The highest BCUT2D eigenvalue weighted by atomic mass is 19.4. The number of amides is 3. The number of fused-ring (bicyclic) bond motifs is 1. The van der Waals surface area contributed by atoms with Gasteiger partial charge in [-0.25, -0.2) is 0 Å². The van der Waals surface area contributed by atoms with E-state index in [2.05, 4.69) is 23.6 Å². The van der Waals surface area contributed by atoms with E-state index >= 15 is 0 Å². The molecule has 0 spiro atoms. The monoisotopic (exact) mass is 755 g/mol. The third-order valence-corrected chi connectivity index (χ3v) is 8.66. The first-order valence-corrected chi connectivity index (χ1v) is 17.0. The number of aliphatic carboxylic acids is 1. The summed E-state index contributed by atoms with van der Waals surface area (Å²) in [4.78, 5) is 49.0. The lowest BCUT2D eigenvalue weighted by atomic mass is 9.83. The van der Waals surface area contributed by atoms with Gasteiger partial charge in [0.25, 0.3) is 0 Å². The van der Waals surface area contributed by atoms with Gasteiger partial charge >= 0.3 is 18.3 Å². The Labute approximate surface area is 308 Å². The van der Waals surface area contributed by atoms with Crippen LogP contribution in [0.1, 0.15) is 83.5 Å². The van der Waals surface area contributed by atoms with Crippen molar-refractivity contribution in [1.82, 2.24) is 15.5 Å². The molecule has 54 heavy (non-hydrogen) atoms. The largest absolute Gasteiger partial charge is 0.481 e. The van der Waals surface area contributed by atoms with Gasteiger partial charge in [-0.15, -0.1) is 0 Å². The van der Waals surface area contributed by atoms with Gasteiger partial charge in [0.15, 0.2) is 0 Å². The molecule has 4 aromatic carbocycles. The molecule has 1 aliphatic rings. The van der Waals surface area contributed by atoms with Crippen LogP contribution in [0.3, 0.4) is 0 Å². The molecule has 0 aromatic heterocycles. The lowest BCUT2D eigenvalue weighted by Crippen LogP contribution is -2.42. The fourth-order valence-corrected chi connectivity index (χ4v) is 5.99. The highest BCUT2D eigenvalue weighted by molar-refractivity contribution is 5.84. The molecule has 8 nitrogen and oxygen atoms in total. The van der Waals surface area contributed by atoms with Crippen LogP contribution < -0.4 is 10.6 Å². The van der Waals surface area contributed by atoms with Gasteiger partial charge in [0.2, 0.25) is 17.7 Å². The lowest BCUT2D eigenvalue weighted by Gasteiger charge is -2.40. The van der Waals surface area contributed by atoms with E-state index in [4.69, 9.17) is 5.11 Å². The summed E-state index contributed by atoms with van der Waals surface area (Å²) in [6, 6.07) is 27.1. The van der Waals surface area contributed by atoms with Crippen LogP contribution in [-0.4, -0.2) is 40.2 Å². The number of hydrogen-bond acceptors (Lipinski definition) is 4. The quantitative estimate of drug-likeness (QED) is 0.134. The van der Waals surface area contributed by atoms with Crippen LogP contribution in [0.2, 0.25) is 0 Å². The maximum Gasteiger partial charge on any atom is 0.416 e. The molecule has 0 bridgehead atoms. The van der Waals surface area contributed by atoms with Crippen LogP contribution in [0.5, 0.6) is 0 Å². The van der Waals surface area contributed by atoms with E-state index < -0.39 is 35.4 Å². The van der Waals surface area contributed by atoms with Crippen LogP contribution >= 0.6 is 0 Å². The second kappa shape index (κ2) is 18.4. The van der Waals surface area contributed by atoms with Crippen molar-refractivity contribution in [2.24, 2.45) is 0 Å². The minimum absolute atomic E-state index is 0.0205. The van der Waals surface area contributed by atoms with Gasteiger partial charge in [0.05, 0.1) is 23.6 Å². The van der Waals surface area contributed by atoms with Crippen LogP contribution in [0.25, 0.3) is 0 Å². The van der Waals surface area contributed by atoms with Gasteiger partial charge in [-0.3, -0.25) is 19.2 Å². The van der Waals surface area contributed by atoms with Crippen molar-refractivity contribution in [3.05, 3.63) is 142 Å². The zero-order valence-corrected chi connectivity index (χ0v) is 29.2. The fraction of sp³-hybridized carbons (Fsp3) is 0.300. The molecular formula is C40H39F6N3O5. The number of nitrogens with zero attached hydrogens (tertiary/aromatic N) is 1. The molecule has 0 saturated heterocycles. The van der Waals surface area contributed by atoms with E-state index in [1.807, 2.05) is 53.4 Å². The Hall–Kier alpha value is -5.66. The molecule has 1 heterocycles. The highest BCUT2D eigenvalue weighted by Crippen LogP contribution is 2.40. The molecule has 0 fully saturated rings. The number of carbonyl (C=O) groups is 4. The SMILES string of the molecule is CC1CN(C(=O)CCC(=O)NCc2cccc(C(F)(F)F)c2)C(c2ccccc2)c2ccccc21.O=C(O)CCC(=O)NCc1cccc(C(F)(F)F)c1. The van der Waals surface area contributed by atoms with Gasteiger partial charge in [-0.2, -0.15) is 26.3 Å². The Morgan fingerprint density at radius 3 is 1.63 bits per heavy atom. The second-order valence-electron chi connectivity index (χ2n) is 12.7. The van der Waals surface area contributed by atoms with Gasteiger partial charge in [-0.05, 0) is 58.0 Å². The fourth-order valence-electron chi connectivity index (χ4n) is 5.99. The number of hydrogen-bond donors (Lipinski definition) is 3. The molecule has 286 valence electrons. The van der Waals surface area contributed by atoms with Crippen LogP contribution in [0.4, 0.5) is 26.3 Å². The van der Waals surface area contributed by atoms with E-state index in [9.17, 15) is 45.5 Å². The standard InChI is InChI=1S/C28H27F3N2O2.C12H12F3NO3/c1-19-18-33(27(21-9-3-2-4-10-21)24-13-6-5-12-23(19)24)26(35)15-14-25(34)32-17-20-8-7-11-22(16-20)28(29,30)31;13-12(14,15)9-3-1-2-8(6-9)7-16-10(17)4-5-11(18)19/h2-13,16,19,27H,14-15,17-18H2,1H3,(H,32,34);1-3,6H,4-5,7H2,(H,16,17)(H,18,19). The summed E-state index contributed by atoms with van der Waals surface area (Å²) >= 11 is 0. The molecule has 3 N–H and O–H groups in total. The molecule has 3 amide bonds.